The average Bonchev–Trinajstić information content (AvgIpc) is 2.73. The van der Waals surface area contributed by atoms with E-state index in [4.69, 9.17) is 4.74 Å². The maximum Gasteiger partial charge on any atom is 0.331 e. The fourth-order valence-electron chi connectivity index (χ4n) is 4.11. The standard InChI is InChI=1S/C21H25N3O4/c25-19-18(20(26)24(21(27)22-19)17-4-2-1-3-5-17)14-15-6-8-16(9-7-15)23-10-12-28-13-11-23/h6-9,14,17H,1-5,10-13H2,(H,22,25,27)/b18-14+. The first-order valence-electron chi connectivity index (χ1n) is 9.97. The normalized spacial score (nSPS) is 23.3. The van der Waals surface area contributed by atoms with Gasteiger partial charge in [-0.2, -0.15) is 0 Å². The molecule has 0 radical (unpaired) electrons. The number of ether oxygens (including phenoxy) is 1. The lowest BCUT2D eigenvalue weighted by Gasteiger charge is -2.35. The van der Waals surface area contributed by atoms with Gasteiger partial charge in [0.15, 0.2) is 0 Å². The van der Waals surface area contributed by atoms with Crippen molar-refractivity contribution in [2.24, 2.45) is 0 Å². The molecule has 0 aromatic heterocycles. The van der Waals surface area contributed by atoms with Gasteiger partial charge in [-0.3, -0.25) is 19.8 Å². The molecule has 1 aromatic carbocycles. The van der Waals surface area contributed by atoms with Crippen LogP contribution in [0.25, 0.3) is 6.08 Å². The van der Waals surface area contributed by atoms with E-state index in [1.807, 2.05) is 24.3 Å². The maximum atomic E-state index is 12.9. The molecular weight excluding hydrogens is 358 g/mol. The number of hydrogen-bond donors (Lipinski definition) is 1. The lowest BCUT2D eigenvalue weighted by molar-refractivity contribution is -0.132. The molecule has 148 valence electrons. The Hall–Kier alpha value is -2.67. The number of rotatable bonds is 3. The highest BCUT2D eigenvalue weighted by Crippen LogP contribution is 2.26. The van der Waals surface area contributed by atoms with Crippen molar-refractivity contribution in [2.45, 2.75) is 38.1 Å². The Morgan fingerprint density at radius 2 is 1.64 bits per heavy atom. The van der Waals surface area contributed by atoms with Crippen molar-refractivity contribution in [2.75, 3.05) is 31.2 Å². The van der Waals surface area contributed by atoms with Crippen LogP contribution in [0.3, 0.4) is 0 Å². The lowest BCUT2D eigenvalue weighted by atomic mass is 9.93. The zero-order chi connectivity index (χ0) is 19.5. The molecule has 4 amide bonds. The predicted octanol–water partition coefficient (Wildman–Crippen LogP) is 2.32. The van der Waals surface area contributed by atoms with Crippen molar-refractivity contribution in [3.63, 3.8) is 0 Å². The topological polar surface area (TPSA) is 79.0 Å². The van der Waals surface area contributed by atoms with Crippen LogP contribution in [0.4, 0.5) is 10.5 Å². The highest BCUT2D eigenvalue weighted by Gasteiger charge is 2.40. The first-order valence-corrected chi connectivity index (χ1v) is 9.97. The van der Waals surface area contributed by atoms with Crippen LogP contribution in [-0.2, 0) is 14.3 Å². The van der Waals surface area contributed by atoms with Crippen LogP contribution in [0.2, 0.25) is 0 Å². The SMILES string of the molecule is O=C1NC(=O)N(C2CCCCC2)C(=O)/C1=C/c1ccc(N2CCOCC2)cc1. The summed E-state index contributed by atoms with van der Waals surface area (Å²) < 4.78 is 5.37. The van der Waals surface area contributed by atoms with Gasteiger partial charge in [-0.15, -0.1) is 0 Å². The van der Waals surface area contributed by atoms with Crippen LogP contribution >= 0.6 is 0 Å². The summed E-state index contributed by atoms with van der Waals surface area (Å²) in [7, 11) is 0. The number of nitrogens with one attached hydrogen (secondary N) is 1. The molecule has 1 N–H and O–H groups in total. The Morgan fingerprint density at radius 3 is 2.32 bits per heavy atom. The van der Waals surface area contributed by atoms with Gasteiger partial charge < -0.3 is 9.64 Å². The molecule has 0 unspecified atom stereocenters. The zero-order valence-electron chi connectivity index (χ0n) is 15.9. The zero-order valence-corrected chi connectivity index (χ0v) is 15.9. The molecule has 2 heterocycles. The number of imide groups is 2. The summed E-state index contributed by atoms with van der Waals surface area (Å²) in [6.07, 6.45) is 6.29. The van der Waals surface area contributed by atoms with Crippen LogP contribution in [0, 0.1) is 0 Å². The molecule has 1 saturated carbocycles. The minimum absolute atomic E-state index is 0.0179. The molecule has 4 rings (SSSR count). The third-order valence-electron chi connectivity index (χ3n) is 5.65. The molecule has 7 nitrogen and oxygen atoms in total. The number of nitrogens with zero attached hydrogens (tertiary/aromatic N) is 2. The number of carbonyl (C=O) groups is 3. The van der Waals surface area contributed by atoms with Crippen molar-refractivity contribution >= 4 is 29.6 Å². The van der Waals surface area contributed by atoms with Crippen LogP contribution in [0.1, 0.15) is 37.7 Å². The third kappa shape index (κ3) is 3.80. The second kappa shape index (κ2) is 8.14. The summed E-state index contributed by atoms with van der Waals surface area (Å²) in [6.45, 7) is 3.12. The summed E-state index contributed by atoms with van der Waals surface area (Å²) in [5.41, 5.74) is 1.86. The number of morpholine rings is 1. The summed E-state index contributed by atoms with van der Waals surface area (Å²) in [5.74, 6) is -1.11. The van der Waals surface area contributed by atoms with E-state index < -0.39 is 17.8 Å². The van der Waals surface area contributed by atoms with Crippen LogP contribution in [0.5, 0.6) is 0 Å². The van der Waals surface area contributed by atoms with E-state index in [2.05, 4.69) is 10.2 Å². The van der Waals surface area contributed by atoms with Gasteiger partial charge in [0, 0.05) is 24.8 Å². The van der Waals surface area contributed by atoms with E-state index in [1.54, 1.807) is 6.08 Å². The smallest absolute Gasteiger partial charge is 0.331 e. The molecule has 1 aromatic rings. The van der Waals surface area contributed by atoms with Gasteiger partial charge in [0.1, 0.15) is 5.57 Å². The molecule has 3 fully saturated rings. The van der Waals surface area contributed by atoms with E-state index in [9.17, 15) is 14.4 Å². The first kappa shape index (κ1) is 18.7. The summed E-state index contributed by atoms with van der Waals surface area (Å²) >= 11 is 0. The number of benzene rings is 1. The predicted molar refractivity (Wildman–Crippen MR) is 105 cm³/mol. The van der Waals surface area contributed by atoms with Gasteiger partial charge in [0.2, 0.25) is 0 Å². The minimum atomic E-state index is -0.626. The lowest BCUT2D eigenvalue weighted by Crippen LogP contribution is -2.58. The number of barbiturate groups is 1. The maximum absolute atomic E-state index is 12.9. The van der Waals surface area contributed by atoms with Crippen molar-refractivity contribution in [1.82, 2.24) is 10.2 Å². The third-order valence-corrected chi connectivity index (χ3v) is 5.65. The monoisotopic (exact) mass is 383 g/mol. The Kier molecular flexibility index (Phi) is 5.43. The molecule has 0 atom stereocenters. The molecule has 0 bridgehead atoms. The summed E-state index contributed by atoms with van der Waals surface area (Å²) in [6, 6.07) is 7.02. The molecule has 7 heteroatoms. The van der Waals surface area contributed by atoms with Crippen molar-refractivity contribution in [3.8, 4) is 0 Å². The number of urea groups is 1. The van der Waals surface area contributed by atoms with Gasteiger partial charge in [-0.05, 0) is 36.6 Å². The summed E-state index contributed by atoms with van der Waals surface area (Å²) in [5, 5.41) is 2.33. The van der Waals surface area contributed by atoms with Crippen LogP contribution < -0.4 is 10.2 Å². The van der Waals surface area contributed by atoms with Gasteiger partial charge in [0.05, 0.1) is 13.2 Å². The van der Waals surface area contributed by atoms with Gasteiger partial charge in [-0.25, -0.2) is 4.79 Å². The molecule has 2 saturated heterocycles. The van der Waals surface area contributed by atoms with E-state index in [1.165, 1.54) is 4.90 Å². The molecule has 0 spiro atoms. The fraction of sp³-hybridized carbons (Fsp3) is 0.476. The molecular formula is C21H25N3O4. The second-order valence-electron chi connectivity index (χ2n) is 7.48. The average molecular weight is 383 g/mol. The van der Waals surface area contributed by atoms with Crippen molar-refractivity contribution < 1.29 is 19.1 Å². The van der Waals surface area contributed by atoms with E-state index in [-0.39, 0.29) is 11.6 Å². The number of amides is 4. The van der Waals surface area contributed by atoms with Gasteiger partial charge in [0.25, 0.3) is 11.8 Å². The number of carbonyl (C=O) groups excluding carboxylic acids is 3. The Labute approximate surface area is 164 Å². The van der Waals surface area contributed by atoms with Crippen molar-refractivity contribution in [3.05, 3.63) is 35.4 Å². The Morgan fingerprint density at radius 1 is 0.964 bits per heavy atom. The van der Waals surface area contributed by atoms with Crippen molar-refractivity contribution in [1.29, 1.82) is 0 Å². The minimum Gasteiger partial charge on any atom is -0.378 e. The number of anilines is 1. The fourth-order valence-corrected chi connectivity index (χ4v) is 4.11. The quantitative estimate of drug-likeness (QED) is 0.640. The highest BCUT2D eigenvalue weighted by atomic mass is 16.5. The van der Waals surface area contributed by atoms with Gasteiger partial charge >= 0.3 is 6.03 Å². The van der Waals surface area contributed by atoms with Crippen LogP contribution in [-0.4, -0.2) is 55.1 Å². The van der Waals surface area contributed by atoms with E-state index >= 15 is 0 Å². The molecule has 28 heavy (non-hydrogen) atoms. The molecule has 3 aliphatic rings. The van der Waals surface area contributed by atoms with E-state index in [0.717, 1.165) is 56.4 Å². The number of hydrogen-bond acceptors (Lipinski definition) is 5. The Bertz CT molecular complexity index is 790. The molecule has 2 aliphatic heterocycles. The second-order valence-corrected chi connectivity index (χ2v) is 7.48. The summed E-state index contributed by atoms with van der Waals surface area (Å²) in [4.78, 5) is 41.0. The highest BCUT2D eigenvalue weighted by molar-refractivity contribution is 6.31. The molecule has 1 aliphatic carbocycles. The van der Waals surface area contributed by atoms with E-state index in [0.29, 0.717) is 13.2 Å². The van der Waals surface area contributed by atoms with Crippen LogP contribution in [0.15, 0.2) is 29.8 Å². The first-order chi connectivity index (χ1) is 13.6. The largest absolute Gasteiger partial charge is 0.378 e. The van der Waals surface area contributed by atoms with Gasteiger partial charge in [-0.1, -0.05) is 31.4 Å². The Balaban J connectivity index is 1.54.